The lowest BCUT2D eigenvalue weighted by Gasteiger charge is -2.40. The van der Waals surface area contributed by atoms with Crippen molar-refractivity contribution in [2.75, 3.05) is 33.9 Å². The van der Waals surface area contributed by atoms with E-state index in [1.807, 2.05) is 0 Å². The van der Waals surface area contributed by atoms with E-state index in [9.17, 15) is 14.4 Å². The zero-order valence-corrected chi connectivity index (χ0v) is 12.8. The minimum atomic E-state index is -0.597. The van der Waals surface area contributed by atoms with Crippen molar-refractivity contribution in [2.24, 2.45) is 0 Å². The Morgan fingerprint density at radius 1 is 1.27 bits per heavy atom. The number of ether oxygens (including phenoxy) is 2. The van der Waals surface area contributed by atoms with Crippen molar-refractivity contribution in [1.29, 1.82) is 0 Å². The first-order valence-corrected chi connectivity index (χ1v) is 7.49. The lowest BCUT2D eigenvalue weighted by molar-refractivity contribution is -0.157. The van der Waals surface area contributed by atoms with Crippen LogP contribution < -0.4 is 5.32 Å². The molecule has 0 radical (unpaired) electrons. The molecule has 0 unspecified atom stereocenters. The number of hydrogen-bond acceptors (Lipinski definition) is 5. The first-order valence-electron chi connectivity index (χ1n) is 7.49. The van der Waals surface area contributed by atoms with E-state index in [-0.39, 0.29) is 36.5 Å². The minimum absolute atomic E-state index is 0.0346. The van der Waals surface area contributed by atoms with Gasteiger partial charge in [-0.25, -0.2) is 0 Å². The summed E-state index contributed by atoms with van der Waals surface area (Å²) in [5.41, 5.74) is 0. The Morgan fingerprint density at radius 3 is 2.73 bits per heavy atom. The van der Waals surface area contributed by atoms with Crippen molar-refractivity contribution in [3.8, 4) is 0 Å². The molecule has 3 rings (SSSR count). The molecule has 0 aromatic heterocycles. The molecule has 0 aliphatic carbocycles. The van der Waals surface area contributed by atoms with Crippen molar-refractivity contribution >= 4 is 17.7 Å². The first-order chi connectivity index (χ1) is 10.6. The summed E-state index contributed by atoms with van der Waals surface area (Å²) in [6.45, 7) is 0.882. The third-order valence-electron chi connectivity index (χ3n) is 4.72. The smallest absolute Gasteiger partial charge is 0.248 e. The number of rotatable bonds is 4. The Kier molecular flexibility index (Phi) is 4.05. The number of hydrogen-bond donors (Lipinski definition) is 1. The van der Waals surface area contributed by atoms with Gasteiger partial charge in [-0.05, 0) is 6.42 Å². The number of nitrogens with one attached hydrogen (secondary N) is 1. The quantitative estimate of drug-likeness (QED) is 0.672. The third-order valence-corrected chi connectivity index (χ3v) is 4.72. The Morgan fingerprint density at radius 2 is 2.05 bits per heavy atom. The van der Waals surface area contributed by atoms with Crippen LogP contribution in [0.5, 0.6) is 0 Å². The number of amides is 3. The molecule has 8 heteroatoms. The molecule has 122 valence electrons. The van der Waals surface area contributed by atoms with E-state index in [0.717, 1.165) is 0 Å². The number of fused-ring (bicyclic) bond motifs is 2. The van der Waals surface area contributed by atoms with Crippen LogP contribution in [0.4, 0.5) is 0 Å². The number of carbonyl (C=O) groups is 3. The number of nitrogens with zero attached hydrogens (tertiary/aromatic N) is 2. The molecule has 4 atom stereocenters. The van der Waals surface area contributed by atoms with E-state index in [4.69, 9.17) is 9.47 Å². The van der Waals surface area contributed by atoms with Gasteiger partial charge in [0.15, 0.2) is 0 Å². The summed E-state index contributed by atoms with van der Waals surface area (Å²) in [5.74, 6) is -0.398. The molecule has 22 heavy (non-hydrogen) atoms. The maximum Gasteiger partial charge on any atom is 0.248 e. The summed E-state index contributed by atoms with van der Waals surface area (Å²) in [7, 11) is 3.03. The largest absolute Gasteiger partial charge is 0.380 e. The van der Waals surface area contributed by atoms with Gasteiger partial charge in [-0.1, -0.05) is 0 Å². The number of piperazine rings is 1. The summed E-state index contributed by atoms with van der Waals surface area (Å²) in [5, 5.41) is 2.80. The van der Waals surface area contributed by atoms with Crippen LogP contribution >= 0.6 is 0 Å². The maximum absolute atomic E-state index is 12.7. The fraction of sp³-hybridized carbons (Fsp3) is 0.786. The predicted molar refractivity (Wildman–Crippen MR) is 74.8 cm³/mol. The van der Waals surface area contributed by atoms with Crippen molar-refractivity contribution in [1.82, 2.24) is 15.1 Å². The molecule has 3 aliphatic rings. The van der Waals surface area contributed by atoms with Gasteiger partial charge < -0.3 is 24.6 Å². The van der Waals surface area contributed by atoms with Gasteiger partial charge in [-0.2, -0.15) is 0 Å². The van der Waals surface area contributed by atoms with Gasteiger partial charge in [0.05, 0.1) is 12.1 Å². The third kappa shape index (κ3) is 2.36. The Hall–Kier alpha value is -1.67. The van der Waals surface area contributed by atoms with Gasteiger partial charge >= 0.3 is 0 Å². The molecule has 0 aromatic carbocycles. The summed E-state index contributed by atoms with van der Waals surface area (Å²) >= 11 is 0. The molecular weight excluding hydrogens is 290 g/mol. The van der Waals surface area contributed by atoms with Crippen LogP contribution in [0.25, 0.3) is 0 Å². The normalized spacial score (nSPS) is 33.9. The van der Waals surface area contributed by atoms with Crippen LogP contribution in [0.1, 0.15) is 12.8 Å². The maximum atomic E-state index is 12.7. The lowest BCUT2D eigenvalue weighted by atomic mass is 10.0. The molecule has 0 bridgehead atoms. The van der Waals surface area contributed by atoms with E-state index < -0.39 is 12.1 Å². The van der Waals surface area contributed by atoms with Crippen molar-refractivity contribution in [3.63, 3.8) is 0 Å². The van der Waals surface area contributed by atoms with Gasteiger partial charge in [-0.15, -0.1) is 0 Å². The standard InChI is InChI=1S/C14H21N3O5/c1-21-7-11(18)15-9-3-4-16-12(9)14(20)17-6-8(22-2)5-10(17)13(16)19/h8-10,12H,3-7H2,1-2H3,(H,15,18)/t8-,9+,10+,12+/m1/s1. The summed E-state index contributed by atoms with van der Waals surface area (Å²) in [6.07, 6.45) is 1.04. The molecule has 3 saturated heterocycles. The predicted octanol–water partition coefficient (Wildman–Crippen LogP) is -1.65. The molecule has 3 amide bonds. The lowest BCUT2D eigenvalue weighted by Crippen LogP contribution is -2.64. The van der Waals surface area contributed by atoms with Crippen LogP contribution in [0.15, 0.2) is 0 Å². The average molecular weight is 311 g/mol. The molecule has 1 N–H and O–H groups in total. The van der Waals surface area contributed by atoms with Gasteiger partial charge in [0.25, 0.3) is 0 Å². The number of carbonyl (C=O) groups excluding carboxylic acids is 3. The molecule has 0 saturated carbocycles. The van der Waals surface area contributed by atoms with E-state index in [0.29, 0.717) is 25.9 Å². The van der Waals surface area contributed by atoms with E-state index in [1.54, 1.807) is 16.9 Å². The summed E-state index contributed by atoms with van der Waals surface area (Å²) in [6, 6.07) is -1.36. The van der Waals surface area contributed by atoms with Gasteiger partial charge in [0, 0.05) is 33.7 Å². The molecule has 3 aliphatic heterocycles. The zero-order chi connectivity index (χ0) is 15.9. The molecule has 3 heterocycles. The van der Waals surface area contributed by atoms with Crippen molar-refractivity contribution < 1.29 is 23.9 Å². The van der Waals surface area contributed by atoms with Crippen molar-refractivity contribution in [2.45, 2.75) is 37.1 Å². The van der Waals surface area contributed by atoms with Gasteiger partial charge in [0.2, 0.25) is 17.7 Å². The molecule has 3 fully saturated rings. The highest BCUT2D eigenvalue weighted by Gasteiger charge is 2.55. The molecule has 0 aromatic rings. The van der Waals surface area contributed by atoms with Crippen LogP contribution in [-0.2, 0) is 23.9 Å². The zero-order valence-electron chi connectivity index (χ0n) is 12.8. The highest BCUT2D eigenvalue weighted by atomic mass is 16.5. The highest BCUT2D eigenvalue weighted by Crippen LogP contribution is 2.33. The van der Waals surface area contributed by atoms with E-state index in [2.05, 4.69) is 5.32 Å². The summed E-state index contributed by atoms with van der Waals surface area (Å²) in [4.78, 5) is 40.3. The average Bonchev–Trinajstić information content (AvgIpc) is 3.09. The molecular formula is C14H21N3O5. The van der Waals surface area contributed by atoms with Crippen molar-refractivity contribution in [3.05, 3.63) is 0 Å². The van der Waals surface area contributed by atoms with Gasteiger partial charge in [0.1, 0.15) is 18.7 Å². The second kappa shape index (κ2) is 5.85. The monoisotopic (exact) mass is 311 g/mol. The fourth-order valence-electron chi connectivity index (χ4n) is 3.68. The molecule has 0 spiro atoms. The van der Waals surface area contributed by atoms with Crippen LogP contribution in [0, 0.1) is 0 Å². The second-order valence-electron chi connectivity index (χ2n) is 5.97. The summed E-state index contributed by atoms with van der Waals surface area (Å²) < 4.78 is 10.1. The fourth-order valence-corrected chi connectivity index (χ4v) is 3.68. The second-order valence-corrected chi connectivity index (χ2v) is 5.97. The number of methoxy groups -OCH3 is 2. The van der Waals surface area contributed by atoms with E-state index in [1.165, 1.54) is 7.11 Å². The van der Waals surface area contributed by atoms with E-state index >= 15 is 0 Å². The Labute approximate surface area is 128 Å². The topological polar surface area (TPSA) is 88.2 Å². The van der Waals surface area contributed by atoms with Crippen LogP contribution in [-0.4, -0.2) is 85.7 Å². The van der Waals surface area contributed by atoms with Crippen LogP contribution in [0.3, 0.4) is 0 Å². The van der Waals surface area contributed by atoms with Gasteiger partial charge in [-0.3, -0.25) is 14.4 Å². The highest BCUT2D eigenvalue weighted by molar-refractivity contribution is 5.99. The minimum Gasteiger partial charge on any atom is -0.380 e. The van der Waals surface area contributed by atoms with Crippen LogP contribution in [0.2, 0.25) is 0 Å². The SMILES string of the molecule is COCC(=O)N[C@H]1CCN2C(=O)[C@@H]3C[C@@H](OC)CN3C(=O)[C@H]12. The Balaban J connectivity index is 1.76. The first kappa shape index (κ1) is 15.2. The molecule has 8 nitrogen and oxygen atoms in total. The Bertz CT molecular complexity index is 497.